The average Bonchev–Trinajstić information content (AvgIpc) is 3.70. The van der Waals surface area contributed by atoms with Gasteiger partial charge < -0.3 is 15.3 Å². The normalized spacial score (nSPS) is 24.8. The molecule has 38 heavy (non-hydrogen) atoms. The summed E-state index contributed by atoms with van der Waals surface area (Å²) in [6.45, 7) is 6.04. The number of likely N-dealkylation sites (tertiary alicyclic amines) is 1. The number of aromatic nitrogens is 2. The van der Waals surface area contributed by atoms with Crippen LogP contribution in [0.3, 0.4) is 0 Å². The number of allylic oxidation sites excluding steroid dienone is 4. The van der Waals surface area contributed by atoms with Gasteiger partial charge in [-0.2, -0.15) is 5.10 Å². The number of aliphatic hydroxyl groups is 1. The Labute approximate surface area is 227 Å². The van der Waals surface area contributed by atoms with Crippen LogP contribution in [-0.4, -0.2) is 70.4 Å². The van der Waals surface area contributed by atoms with E-state index in [4.69, 9.17) is 0 Å². The van der Waals surface area contributed by atoms with E-state index in [0.717, 1.165) is 72.4 Å². The van der Waals surface area contributed by atoms with Crippen molar-refractivity contribution in [1.29, 1.82) is 0 Å². The SMILES string of the molecule is Cc1cc(C2=NNC3=CC=C(NC(=O)C4CCN(CC(O)C5CCN(c6nccs6)CC5)C4)CC32)ccn1. The second-order valence-corrected chi connectivity index (χ2v) is 11.7. The van der Waals surface area contributed by atoms with Crippen LogP contribution in [0.4, 0.5) is 5.13 Å². The summed E-state index contributed by atoms with van der Waals surface area (Å²) in [6, 6.07) is 4.03. The minimum absolute atomic E-state index is 0.0575. The van der Waals surface area contributed by atoms with Gasteiger partial charge >= 0.3 is 0 Å². The molecule has 0 saturated carbocycles. The second kappa shape index (κ2) is 11.0. The van der Waals surface area contributed by atoms with E-state index in [1.165, 1.54) is 0 Å². The van der Waals surface area contributed by atoms with Crippen molar-refractivity contribution in [3.63, 3.8) is 0 Å². The zero-order chi connectivity index (χ0) is 26.1. The number of nitrogens with zero attached hydrogens (tertiary/aromatic N) is 5. The lowest BCUT2D eigenvalue weighted by molar-refractivity contribution is -0.124. The van der Waals surface area contributed by atoms with Crippen LogP contribution in [-0.2, 0) is 4.79 Å². The number of thiazole rings is 1. The van der Waals surface area contributed by atoms with Gasteiger partial charge in [-0.3, -0.25) is 20.1 Å². The number of hydrogen-bond donors (Lipinski definition) is 3. The number of hydrazone groups is 1. The first-order valence-electron chi connectivity index (χ1n) is 13.6. The first-order valence-corrected chi connectivity index (χ1v) is 14.4. The summed E-state index contributed by atoms with van der Waals surface area (Å²) in [5.41, 5.74) is 8.14. The van der Waals surface area contributed by atoms with Crippen molar-refractivity contribution < 1.29 is 9.90 Å². The third kappa shape index (κ3) is 5.39. The highest BCUT2D eigenvalue weighted by Crippen LogP contribution is 2.31. The molecule has 1 aliphatic carbocycles. The Morgan fingerprint density at radius 1 is 1.21 bits per heavy atom. The molecule has 0 bridgehead atoms. The summed E-state index contributed by atoms with van der Waals surface area (Å²) in [6.07, 6.45) is 10.8. The Balaban J connectivity index is 0.979. The highest BCUT2D eigenvalue weighted by Gasteiger charge is 2.35. The second-order valence-electron chi connectivity index (χ2n) is 10.8. The maximum absolute atomic E-state index is 13.2. The molecule has 9 nitrogen and oxygen atoms in total. The number of piperidine rings is 1. The number of β-amino-alcohol motifs (C(OH)–C–C–N with tert-alkyl or cyclic N) is 1. The first-order chi connectivity index (χ1) is 18.5. The fourth-order valence-electron chi connectivity index (χ4n) is 6.06. The molecular formula is C28H35N7O2S. The Morgan fingerprint density at radius 2 is 2.08 bits per heavy atom. The van der Waals surface area contributed by atoms with E-state index >= 15 is 0 Å². The molecule has 3 atom stereocenters. The Kier molecular flexibility index (Phi) is 7.27. The van der Waals surface area contributed by atoms with Crippen molar-refractivity contribution in [2.45, 2.75) is 38.7 Å². The number of carbonyl (C=O) groups excluding carboxylic acids is 1. The van der Waals surface area contributed by atoms with Gasteiger partial charge in [0.25, 0.3) is 0 Å². The number of pyridine rings is 1. The maximum Gasteiger partial charge on any atom is 0.228 e. The smallest absolute Gasteiger partial charge is 0.228 e. The van der Waals surface area contributed by atoms with E-state index < -0.39 is 0 Å². The molecular weight excluding hydrogens is 498 g/mol. The number of aryl methyl sites for hydroxylation is 1. The van der Waals surface area contributed by atoms with Crippen LogP contribution in [0.5, 0.6) is 0 Å². The number of aliphatic hydroxyl groups excluding tert-OH is 1. The van der Waals surface area contributed by atoms with Gasteiger partial charge in [-0.25, -0.2) is 4.98 Å². The van der Waals surface area contributed by atoms with Crippen LogP contribution in [0.25, 0.3) is 0 Å². The predicted molar refractivity (Wildman–Crippen MR) is 149 cm³/mol. The number of amides is 1. The van der Waals surface area contributed by atoms with Crippen molar-refractivity contribution >= 4 is 28.1 Å². The molecule has 2 saturated heterocycles. The molecule has 2 aromatic heterocycles. The summed E-state index contributed by atoms with van der Waals surface area (Å²) < 4.78 is 0. The minimum Gasteiger partial charge on any atom is -0.392 e. The summed E-state index contributed by atoms with van der Waals surface area (Å²) in [5.74, 6) is 0.422. The van der Waals surface area contributed by atoms with Crippen LogP contribution in [0.15, 0.2) is 58.6 Å². The number of hydrogen-bond acceptors (Lipinski definition) is 9. The largest absolute Gasteiger partial charge is 0.392 e. The zero-order valence-corrected chi connectivity index (χ0v) is 22.5. The fraction of sp³-hybridized carbons (Fsp3) is 0.500. The van der Waals surface area contributed by atoms with Crippen LogP contribution >= 0.6 is 11.3 Å². The number of fused-ring (bicyclic) bond motifs is 1. The average molecular weight is 534 g/mol. The van der Waals surface area contributed by atoms with Crippen LogP contribution in [0, 0.1) is 24.7 Å². The topological polar surface area (TPSA) is 106 Å². The molecule has 10 heteroatoms. The van der Waals surface area contributed by atoms with Gasteiger partial charge in [-0.05, 0) is 62.9 Å². The molecule has 5 heterocycles. The summed E-state index contributed by atoms with van der Waals surface area (Å²) in [7, 11) is 0. The lowest BCUT2D eigenvalue weighted by Crippen LogP contribution is -2.42. The van der Waals surface area contributed by atoms with E-state index in [1.807, 2.05) is 49.0 Å². The number of anilines is 1. The predicted octanol–water partition coefficient (Wildman–Crippen LogP) is 2.66. The van der Waals surface area contributed by atoms with Gasteiger partial charge in [0.2, 0.25) is 5.91 Å². The molecule has 1 amide bonds. The third-order valence-corrected chi connectivity index (χ3v) is 9.07. The van der Waals surface area contributed by atoms with Crippen LogP contribution in [0.1, 0.15) is 36.9 Å². The Hall–Kier alpha value is -3.08. The van der Waals surface area contributed by atoms with E-state index in [0.29, 0.717) is 25.4 Å². The number of rotatable bonds is 7. The Morgan fingerprint density at radius 3 is 2.87 bits per heavy atom. The van der Waals surface area contributed by atoms with Gasteiger partial charge in [0.1, 0.15) is 0 Å². The van der Waals surface area contributed by atoms with Crippen LogP contribution in [0.2, 0.25) is 0 Å². The number of carbonyl (C=O) groups is 1. The van der Waals surface area contributed by atoms with E-state index in [2.05, 4.69) is 35.6 Å². The lowest BCUT2D eigenvalue weighted by Gasteiger charge is -2.35. The first kappa shape index (κ1) is 25.2. The van der Waals surface area contributed by atoms with Gasteiger partial charge in [0.05, 0.1) is 23.7 Å². The molecule has 3 aliphatic heterocycles. The number of nitrogens with one attached hydrogen (secondary N) is 2. The van der Waals surface area contributed by atoms with Gasteiger partial charge in [0.15, 0.2) is 5.13 Å². The standard InChI is InChI=1S/C28H35N7O2S/c1-18-14-20(4-8-29-18)26-23-15-22(2-3-24(23)32-33-26)31-27(37)21-5-10-34(16-21)17-25(36)19-6-11-35(12-7-19)28-30-9-13-38-28/h2-4,8-9,13-14,19,21,23,25,32,36H,5-7,10-12,15-17H2,1H3,(H,31,37). The molecule has 200 valence electrons. The van der Waals surface area contributed by atoms with E-state index in [-0.39, 0.29) is 23.8 Å². The molecule has 2 aromatic rings. The molecule has 6 rings (SSSR count). The summed E-state index contributed by atoms with van der Waals surface area (Å²) in [5, 5.41) is 21.8. The van der Waals surface area contributed by atoms with Crippen molar-refractivity contribution in [2.24, 2.45) is 22.9 Å². The van der Waals surface area contributed by atoms with Gasteiger partial charge in [-0.1, -0.05) is 0 Å². The quantitative estimate of drug-likeness (QED) is 0.503. The van der Waals surface area contributed by atoms with E-state index in [1.54, 1.807) is 11.3 Å². The van der Waals surface area contributed by atoms with Crippen molar-refractivity contribution in [3.05, 3.63) is 64.7 Å². The molecule has 3 N–H and O–H groups in total. The molecule has 2 fully saturated rings. The monoisotopic (exact) mass is 533 g/mol. The molecule has 4 aliphatic rings. The highest BCUT2D eigenvalue weighted by atomic mass is 32.1. The van der Waals surface area contributed by atoms with Crippen molar-refractivity contribution in [1.82, 2.24) is 25.6 Å². The Bertz CT molecular complexity index is 1250. The minimum atomic E-state index is -0.357. The van der Waals surface area contributed by atoms with E-state index in [9.17, 15) is 9.90 Å². The summed E-state index contributed by atoms with van der Waals surface area (Å²) in [4.78, 5) is 26.4. The van der Waals surface area contributed by atoms with Gasteiger partial charge in [-0.15, -0.1) is 11.3 Å². The molecule has 0 radical (unpaired) electrons. The van der Waals surface area contributed by atoms with Crippen LogP contribution < -0.4 is 15.6 Å². The van der Waals surface area contributed by atoms with Crippen molar-refractivity contribution in [3.8, 4) is 0 Å². The highest BCUT2D eigenvalue weighted by molar-refractivity contribution is 7.13. The summed E-state index contributed by atoms with van der Waals surface area (Å²) >= 11 is 1.67. The molecule has 0 spiro atoms. The van der Waals surface area contributed by atoms with Crippen molar-refractivity contribution in [2.75, 3.05) is 37.6 Å². The lowest BCUT2D eigenvalue weighted by atomic mass is 9.88. The molecule has 0 aromatic carbocycles. The maximum atomic E-state index is 13.2. The van der Waals surface area contributed by atoms with Gasteiger partial charge in [0, 0.05) is 73.0 Å². The third-order valence-electron chi connectivity index (χ3n) is 8.24. The molecule has 3 unspecified atom stereocenters. The zero-order valence-electron chi connectivity index (χ0n) is 21.7. The fourth-order valence-corrected chi connectivity index (χ4v) is 6.76.